The van der Waals surface area contributed by atoms with Crippen molar-refractivity contribution in [1.29, 1.82) is 0 Å². The van der Waals surface area contributed by atoms with Crippen LogP contribution in [0, 0.1) is 13.8 Å². The molecule has 33 heavy (non-hydrogen) atoms. The molecule has 0 fully saturated rings. The van der Waals surface area contributed by atoms with Gasteiger partial charge in [0, 0.05) is 15.6 Å². The molecule has 3 aromatic rings. The summed E-state index contributed by atoms with van der Waals surface area (Å²) in [6, 6.07) is 17.7. The van der Waals surface area contributed by atoms with E-state index in [1.165, 1.54) is 23.8 Å². The van der Waals surface area contributed by atoms with Crippen LogP contribution in [0.5, 0.6) is 5.75 Å². The second-order valence-corrected chi connectivity index (χ2v) is 9.33. The number of aryl methyl sites for hydroxylation is 1. The van der Waals surface area contributed by atoms with Gasteiger partial charge in [0.2, 0.25) is 0 Å². The summed E-state index contributed by atoms with van der Waals surface area (Å²) in [5, 5.41) is 4.08. The number of nitrogens with zero attached hydrogens (tertiary/aromatic N) is 1. The molecular weight excluding hydrogens is 479 g/mol. The van der Waals surface area contributed by atoms with Crippen molar-refractivity contribution >= 4 is 58.2 Å². The molecule has 0 bridgehead atoms. The van der Waals surface area contributed by atoms with Gasteiger partial charge in [-0.25, -0.2) is 4.90 Å². The van der Waals surface area contributed by atoms with Gasteiger partial charge in [0.1, 0.15) is 16.4 Å². The molecule has 5 nitrogen and oxygen atoms in total. The van der Waals surface area contributed by atoms with Gasteiger partial charge >= 0.3 is 0 Å². The van der Waals surface area contributed by atoms with Gasteiger partial charge in [-0.3, -0.25) is 9.59 Å². The van der Waals surface area contributed by atoms with Crippen molar-refractivity contribution in [2.45, 2.75) is 18.7 Å². The van der Waals surface area contributed by atoms with Crippen LogP contribution < -0.4 is 15.0 Å². The summed E-state index contributed by atoms with van der Waals surface area (Å²) >= 11 is 13.5. The van der Waals surface area contributed by atoms with E-state index in [9.17, 15) is 9.59 Å². The summed E-state index contributed by atoms with van der Waals surface area (Å²) in [7, 11) is 1.53. The molecule has 1 aliphatic rings. The van der Waals surface area contributed by atoms with E-state index in [-0.39, 0.29) is 10.6 Å². The molecule has 0 atom stereocenters. The topological polar surface area (TPSA) is 58.6 Å². The average Bonchev–Trinajstić information content (AvgIpc) is 3.01. The third-order valence-corrected chi connectivity index (χ3v) is 6.95. The van der Waals surface area contributed by atoms with E-state index in [1.54, 1.807) is 48.5 Å². The maximum atomic E-state index is 13.5. The Morgan fingerprint density at radius 1 is 0.939 bits per heavy atom. The highest BCUT2D eigenvalue weighted by Crippen LogP contribution is 2.40. The van der Waals surface area contributed by atoms with Gasteiger partial charge in [-0.2, -0.15) is 0 Å². The summed E-state index contributed by atoms with van der Waals surface area (Å²) < 4.78 is 5.20. The number of hydrogen-bond acceptors (Lipinski definition) is 5. The number of halogens is 2. The molecule has 0 aromatic heterocycles. The second-order valence-electron chi connectivity index (χ2n) is 7.40. The van der Waals surface area contributed by atoms with Crippen molar-refractivity contribution in [1.82, 2.24) is 0 Å². The molecule has 1 aliphatic heterocycles. The van der Waals surface area contributed by atoms with Crippen molar-refractivity contribution in [2.24, 2.45) is 0 Å². The van der Waals surface area contributed by atoms with Crippen LogP contribution in [0.1, 0.15) is 11.1 Å². The van der Waals surface area contributed by atoms with Gasteiger partial charge in [-0.05, 0) is 73.5 Å². The number of ether oxygens (including phenoxy) is 1. The maximum absolute atomic E-state index is 13.5. The maximum Gasteiger partial charge on any atom is 0.283 e. The Morgan fingerprint density at radius 2 is 1.67 bits per heavy atom. The zero-order valence-corrected chi connectivity index (χ0v) is 20.4. The van der Waals surface area contributed by atoms with Crippen LogP contribution in [0.25, 0.3) is 0 Å². The second kappa shape index (κ2) is 9.51. The highest BCUT2D eigenvalue weighted by atomic mass is 35.5. The Kier molecular flexibility index (Phi) is 6.70. The van der Waals surface area contributed by atoms with Gasteiger partial charge < -0.3 is 10.1 Å². The number of methoxy groups -OCH3 is 1. The van der Waals surface area contributed by atoms with Crippen molar-refractivity contribution in [3.05, 3.63) is 92.4 Å². The normalized spacial score (nSPS) is 13.7. The lowest BCUT2D eigenvalue weighted by Crippen LogP contribution is -2.33. The van der Waals surface area contributed by atoms with Crippen molar-refractivity contribution in [3.63, 3.8) is 0 Å². The number of amides is 2. The van der Waals surface area contributed by atoms with E-state index >= 15 is 0 Å². The van der Waals surface area contributed by atoms with Gasteiger partial charge in [0.05, 0.1) is 17.8 Å². The number of hydrogen-bond donors (Lipinski definition) is 1. The lowest BCUT2D eigenvalue weighted by atomic mass is 10.1. The van der Waals surface area contributed by atoms with Crippen LogP contribution in [0.3, 0.4) is 0 Å². The van der Waals surface area contributed by atoms with E-state index in [0.717, 1.165) is 16.0 Å². The first kappa shape index (κ1) is 23.2. The first-order valence-electron chi connectivity index (χ1n) is 10.0. The molecule has 168 valence electrons. The van der Waals surface area contributed by atoms with Gasteiger partial charge in [0.25, 0.3) is 11.8 Å². The third-order valence-electron chi connectivity index (χ3n) is 5.31. The zero-order chi connectivity index (χ0) is 23.7. The Balaban J connectivity index is 1.77. The molecule has 0 radical (unpaired) electrons. The molecule has 1 N–H and O–H groups in total. The number of anilines is 2. The summed E-state index contributed by atoms with van der Waals surface area (Å²) in [4.78, 5) is 29.4. The zero-order valence-electron chi connectivity index (χ0n) is 18.1. The molecule has 0 aliphatic carbocycles. The fourth-order valence-corrected chi connectivity index (χ4v) is 4.73. The fourth-order valence-electron chi connectivity index (χ4n) is 3.42. The van der Waals surface area contributed by atoms with Crippen LogP contribution >= 0.6 is 35.0 Å². The molecule has 0 saturated heterocycles. The number of carbonyl (C=O) groups excluding carboxylic acids is 2. The van der Waals surface area contributed by atoms with Gasteiger partial charge in [-0.1, -0.05) is 47.1 Å². The predicted octanol–water partition coefficient (Wildman–Crippen LogP) is 6.61. The summed E-state index contributed by atoms with van der Waals surface area (Å²) in [5.41, 5.74) is 3.16. The average molecular weight is 499 g/mol. The first-order chi connectivity index (χ1) is 15.8. The Hall–Kier alpha value is -2.93. The summed E-state index contributed by atoms with van der Waals surface area (Å²) in [6.45, 7) is 3.84. The van der Waals surface area contributed by atoms with E-state index in [1.807, 2.05) is 26.0 Å². The summed E-state index contributed by atoms with van der Waals surface area (Å²) in [6.07, 6.45) is 0. The van der Waals surface area contributed by atoms with Crippen molar-refractivity contribution in [3.8, 4) is 5.75 Å². The third kappa shape index (κ3) is 4.60. The number of carbonyl (C=O) groups is 2. The molecule has 0 spiro atoms. The fraction of sp³-hybridized carbons (Fsp3) is 0.120. The molecule has 8 heteroatoms. The number of thioether (sulfide) groups is 1. The monoisotopic (exact) mass is 498 g/mol. The minimum absolute atomic E-state index is 0.182. The number of nitrogens with one attached hydrogen (secondary N) is 1. The van der Waals surface area contributed by atoms with E-state index < -0.39 is 11.8 Å². The molecule has 3 aromatic carbocycles. The number of benzene rings is 3. The molecule has 2 amide bonds. The molecule has 0 unspecified atom stereocenters. The van der Waals surface area contributed by atoms with Crippen molar-refractivity contribution < 1.29 is 14.3 Å². The van der Waals surface area contributed by atoms with E-state index in [2.05, 4.69) is 5.32 Å². The minimum atomic E-state index is -0.433. The number of imide groups is 1. The van der Waals surface area contributed by atoms with Crippen LogP contribution in [-0.2, 0) is 9.59 Å². The van der Waals surface area contributed by atoms with E-state index in [0.29, 0.717) is 27.2 Å². The largest absolute Gasteiger partial charge is 0.495 e. The molecule has 0 saturated carbocycles. The predicted molar refractivity (Wildman–Crippen MR) is 134 cm³/mol. The lowest BCUT2D eigenvalue weighted by Gasteiger charge is -2.19. The summed E-state index contributed by atoms with van der Waals surface area (Å²) in [5.74, 6) is -0.314. The lowest BCUT2D eigenvalue weighted by molar-refractivity contribution is -0.120. The standard InChI is InChI=1S/C25H20Cl2N2O3S/c1-14-5-4-6-20(15(14)2)29-24(30)22(28-17-9-12-21(32-3)19(27)13-17)23(25(29)31)33-18-10-7-16(26)8-11-18/h4-13,28H,1-3H3. The highest BCUT2D eigenvalue weighted by Gasteiger charge is 2.41. The Labute approximate surface area is 206 Å². The van der Waals surface area contributed by atoms with Crippen molar-refractivity contribution in [2.75, 3.05) is 17.3 Å². The van der Waals surface area contributed by atoms with Crippen LogP contribution in [0.4, 0.5) is 11.4 Å². The van der Waals surface area contributed by atoms with Crippen LogP contribution in [-0.4, -0.2) is 18.9 Å². The van der Waals surface area contributed by atoms with Gasteiger partial charge in [0.15, 0.2) is 0 Å². The molecule has 4 rings (SSSR count). The highest BCUT2D eigenvalue weighted by molar-refractivity contribution is 8.04. The Morgan fingerprint density at radius 3 is 2.33 bits per heavy atom. The van der Waals surface area contributed by atoms with E-state index in [4.69, 9.17) is 27.9 Å². The molecule has 1 heterocycles. The quantitative estimate of drug-likeness (QED) is 0.387. The first-order valence-corrected chi connectivity index (χ1v) is 11.6. The minimum Gasteiger partial charge on any atom is -0.495 e. The van der Waals surface area contributed by atoms with Crippen LogP contribution in [0.2, 0.25) is 10.0 Å². The smallest absolute Gasteiger partial charge is 0.283 e. The Bertz CT molecular complexity index is 1290. The SMILES string of the molecule is COc1ccc(NC2=C(Sc3ccc(Cl)cc3)C(=O)N(c3cccc(C)c3C)C2=O)cc1Cl. The van der Waals surface area contributed by atoms with Crippen LogP contribution in [0.15, 0.2) is 76.2 Å². The number of rotatable bonds is 6. The molecular formula is C25H20Cl2N2O3S. The van der Waals surface area contributed by atoms with Gasteiger partial charge in [-0.15, -0.1) is 0 Å².